The van der Waals surface area contributed by atoms with Crippen molar-refractivity contribution in [1.29, 1.82) is 0 Å². The fourth-order valence-corrected chi connectivity index (χ4v) is 3.66. The van der Waals surface area contributed by atoms with Crippen LogP contribution in [0.3, 0.4) is 0 Å². The molecule has 2 aromatic rings. The van der Waals surface area contributed by atoms with Gasteiger partial charge in [-0.3, -0.25) is 9.59 Å². The Morgan fingerprint density at radius 1 is 1.10 bits per heavy atom. The van der Waals surface area contributed by atoms with Crippen molar-refractivity contribution in [3.63, 3.8) is 0 Å². The first kappa shape index (κ1) is 19.1. The number of benzene rings is 2. The Morgan fingerprint density at radius 2 is 1.86 bits per heavy atom. The van der Waals surface area contributed by atoms with Gasteiger partial charge in [0.15, 0.2) is 11.5 Å². The lowest BCUT2D eigenvalue weighted by molar-refractivity contribution is -0.121. The van der Waals surface area contributed by atoms with E-state index in [-0.39, 0.29) is 24.5 Å². The highest BCUT2D eigenvalue weighted by atomic mass is 16.7. The molecule has 0 unspecified atom stereocenters. The lowest BCUT2D eigenvalue weighted by atomic mass is 9.95. The van der Waals surface area contributed by atoms with Crippen molar-refractivity contribution in [1.82, 2.24) is 4.90 Å². The van der Waals surface area contributed by atoms with Crippen LogP contribution in [-0.2, 0) is 4.79 Å². The van der Waals surface area contributed by atoms with E-state index in [1.54, 1.807) is 29.2 Å². The number of ether oxygens (including phenoxy) is 3. The maximum atomic E-state index is 12.9. The Balaban J connectivity index is 1.34. The fourth-order valence-electron chi connectivity index (χ4n) is 3.66. The van der Waals surface area contributed by atoms with Crippen LogP contribution in [0, 0.1) is 5.92 Å². The van der Waals surface area contributed by atoms with Crippen LogP contribution >= 0.6 is 0 Å². The fraction of sp³-hybridized carbons (Fsp3) is 0.364. The molecular weight excluding hydrogens is 372 g/mol. The summed E-state index contributed by atoms with van der Waals surface area (Å²) in [6.07, 6.45) is 1.25. The van der Waals surface area contributed by atoms with E-state index in [2.05, 4.69) is 5.32 Å². The summed E-state index contributed by atoms with van der Waals surface area (Å²) in [6.45, 7) is 3.68. The average molecular weight is 396 g/mol. The Morgan fingerprint density at radius 3 is 2.66 bits per heavy atom. The molecular formula is C22H24N2O5. The minimum Gasteiger partial charge on any atom is -0.493 e. The van der Waals surface area contributed by atoms with Crippen LogP contribution < -0.4 is 19.5 Å². The van der Waals surface area contributed by atoms with Gasteiger partial charge >= 0.3 is 0 Å². The van der Waals surface area contributed by atoms with Crippen molar-refractivity contribution in [3.8, 4) is 17.2 Å². The smallest absolute Gasteiger partial charge is 0.257 e. The molecule has 0 atom stereocenters. The van der Waals surface area contributed by atoms with Crippen LogP contribution in [0.4, 0.5) is 5.69 Å². The van der Waals surface area contributed by atoms with Crippen LogP contribution in [0.15, 0.2) is 42.5 Å². The van der Waals surface area contributed by atoms with E-state index in [4.69, 9.17) is 14.2 Å². The molecule has 0 spiro atoms. The van der Waals surface area contributed by atoms with Crippen LogP contribution in [0.1, 0.15) is 30.1 Å². The highest BCUT2D eigenvalue weighted by molar-refractivity contribution is 5.97. The molecule has 1 fully saturated rings. The molecule has 2 aliphatic rings. The minimum atomic E-state index is -0.133. The Labute approximate surface area is 169 Å². The number of likely N-dealkylation sites (tertiary alicyclic amines) is 1. The number of para-hydroxylation sites is 1. The van der Waals surface area contributed by atoms with E-state index in [0.717, 1.165) is 0 Å². The van der Waals surface area contributed by atoms with E-state index in [0.29, 0.717) is 61.0 Å². The summed E-state index contributed by atoms with van der Waals surface area (Å²) >= 11 is 0. The SMILES string of the molecule is CCOc1ccccc1C(=O)N1CCC(C(=O)Nc2ccc3c(c2)OCO3)CC1. The number of hydrogen-bond donors (Lipinski definition) is 1. The van der Waals surface area contributed by atoms with Gasteiger partial charge in [-0.25, -0.2) is 0 Å². The molecule has 2 aliphatic heterocycles. The number of nitrogens with zero attached hydrogens (tertiary/aromatic N) is 1. The molecule has 7 nitrogen and oxygen atoms in total. The average Bonchev–Trinajstić information content (AvgIpc) is 3.22. The second kappa shape index (κ2) is 8.43. The molecule has 0 radical (unpaired) electrons. The predicted molar refractivity (Wildman–Crippen MR) is 107 cm³/mol. The first-order valence-corrected chi connectivity index (χ1v) is 9.87. The Bertz CT molecular complexity index is 906. The number of carbonyl (C=O) groups excluding carboxylic acids is 2. The van der Waals surface area contributed by atoms with Crippen LogP contribution in [-0.4, -0.2) is 43.2 Å². The number of nitrogens with one attached hydrogen (secondary N) is 1. The topological polar surface area (TPSA) is 77.1 Å². The largest absolute Gasteiger partial charge is 0.493 e. The molecule has 152 valence electrons. The van der Waals surface area contributed by atoms with Crippen molar-refractivity contribution < 1.29 is 23.8 Å². The van der Waals surface area contributed by atoms with Gasteiger partial charge in [-0.05, 0) is 44.0 Å². The number of amides is 2. The van der Waals surface area contributed by atoms with Gasteiger partial charge in [-0.2, -0.15) is 0 Å². The van der Waals surface area contributed by atoms with Crippen molar-refractivity contribution in [3.05, 3.63) is 48.0 Å². The van der Waals surface area contributed by atoms with E-state index >= 15 is 0 Å². The monoisotopic (exact) mass is 396 g/mol. The van der Waals surface area contributed by atoms with Crippen molar-refractivity contribution in [2.75, 3.05) is 31.8 Å². The summed E-state index contributed by atoms with van der Waals surface area (Å²) in [5, 5.41) is 2.95. The maximum Gasteiger partial charge on any atom is 0.257 e. The van der Waals surface area contributed by atoms with Gasteiger partial charge in [0.25, 0.3) is 5.91 Å². The zero-order chi connectivity index (χ0) is 20.2. The van der Waals surface area contributed by atoms with E-state index in [1.165, 1.54) is 0 Å². The number of carbonyl (C=O) groups is 2. The summed E-state index contributed by atoms with van der Waals surface area (Å²) < 4.78 is 16.2. The molecule has 2 amide bonds. The Hall–Kier alpha value is -3.22. The van der Waals surface area contributed by atoms with Gasteiger partial charge in [0.05, 0.1) is 12.2 Å². The number of hydrogen-bond acceptors (Lipinski definition) is 5. The second-order valence-electron chi connectivity index (χ2n) is 7.05. The zero-order valence-electron chi connectivity index (χ0n) is 16.3. The third-order valence-corrected chi connectivity index (χ3v) is 5.21. The molecule has 1 N–H and O–H groups in total. The molecule has 7 heteroatoms. The van der Waals surface area contributed by atoms with Gasteiger partial charge < -0.3 is 24.4 Å². The standard InChI is InChI=1S/C22H24N2O5/c1-2-27-18-6-4-3-5-17(18)22(26)24-11-9-15(10-12-24)21(25)23-16-7-8-19-20(13-16)29-14-28-19/h3-8,13,15H,2,9-12,14H2,1H3,(H,23,25). The summed E-state index contributed by atoms with van der Waals surface area (Å²) in [4.78, 5) is 27.3. The van der Waals surface area contributed by atoms with Gasteiger partial charge in [0, 0.05) is 30.8 Å². The molecule has 2 aromatic carbocycles. The summed E-state index contributed by atoms with van der Waals surface area (Å²) in [5.74, 6) is 1.70. The zero-order valence-corrected chi connectivity index (χ0v) is 16.3. The Kier molecular flexibility index (Phi) is 5.55. The normalized spacial score (nSPS) is 15.8. The lowest BCUT2D eigenvalue weighted by Crippen LogP contribution is -2.41. The van der Waals surface area contributed by atoms with E-state index in [1.807, 2.05) is 25.1 Å². The minimum absolute atomic E-state index is 0.0364. The number of rotatable bonds is 5. The molecule has 1 saturated heterocycles. The molecule has 29 heavy (non-hydrogen) atoms. The summed E-state index contributed by atoms with van der Waals surface area (Å²) in [7, 11) is 0. The predicted octanol–water partition coefficient (Wildman–Crippen LogP) is 3.30. The second-order valence-corrected chi connectivity index (χ2v) is 7.05. The first-order chi connectivity index (χ1) is 14.2. The molecule has 0 bridgehead atoms. The third-order valence-electron chi connectivity index (χ3n) is 5.21. The van der Waals surface area contributed by atoms with Crippen LogP contribution in [0.5, 0.6) is 17.2 Å². The summed E-state index contributed by atoms with van der Waals surface area (Å²) in [5.41, 5.74) is 1.25. The maximum absolute atomic E-state index is 12.9. The van der Waals surface area contributed by atoms with E-state index in [9.17, 15) is 9.59 Å². The lowest BCUT2D eigenvalue weighted by Gasteiger charge is -2.31. The van der Waals surface area contributed by atoms with Crippen molar-refractivity contribution in [2.24, 2.45) is 5.92 Å². The van der Waals surface area contributed by atoms with Crippen molar-refractivity contribution in [2.45, 2.75) is 19.8 Å². The highest BCUT2D eigenvalue weighted by Crippen LogP contribution is 2.34. The van der Waals surface area contributed by atoms with Crippen LogP contribution in [0.25, 0.3) is 0 Å². The highest BCUT2D eigenvalue weighted by Gasteiger charge is 2.29. The van der Waals surface area contributed by atoms with Gasteiger partial charge in [-0.15, -0.1) is 0 Å². The molecule has 2 heterocycles. The molecule has 4 rings (SSSR count). The first-order valence-electron chi connectivity index (χ1n) is 9.87. The van der Waals surface area contributed by atoms with Gasteiger partial charge in [-0.1, -0.05) is 12.1 Å². The molecule has 0 aliphatic carbocycles. The number of anilines is 1. The quantitative estimate of drug-likeness (QED) is 0.839. The van der Waals surface area contributed by atoms with Gasteiger partial charge in [0.2, 0.25) is 12.7 Å². The number of piperidine rings is 1. The molecule has 0 aromatic heterocycles. The van der Waals surface area contributed by atoms with Gasteiger partial charge in [0.1, 0.15) is 5.75 Å². The van der Waals surface area contributed by atoms with Crippen molar-refractivity contribution >= 4 is 17.5 Å². The van der Waals surface area contributed by atoms with E-state index < -0.39 is 0 Å². The van der Waals surface area contributed by atoms with Crippen LogP contribution in [0.2, 0.25) is 0 Å². The summed E-state index contributed by atoms with van der Waals surface area (Å²) in [6, 6.07) is 12.6. The third kappa shape index (κ3) is 4.13. The molecule has 0 saturated carbocycles. The number of fused-ring (bicyclic) bond motifs is 1.